The molecule has 0 saturated heterocycles. The van der Waals surface area contributed by atoms with Crippen LogP contribution in [0.15, 0.2) is 36.7 Å². The van der Waals surface area contributed by atoms with Gasteiger partial charge >= 0.3 is 6.18 Å². The van der Waals surface area contributed by atoms with Gasteiger partial charge < -0.3 is 5.73 Å². The number of anilines is 1. The van der Waals surface area contributed by atoms with E-state index in [-0.39, 0.29) is 40.0 Å². The predicted molar refractivity (Wildman–Crippen MR) is 119 cm³/mol. The summed E-state index contributed by atoms with van der Waals surface area (Å²) >= 11 is 0. The highest BCUT2D eigenvalue weighted by atomic mass is 19.4. The standard InChI is InChI=1S/C23H16F6N8/c1-10-17(20(23(27,28)29)35-36(10)2)12-9-31-22(34-21(12)30)19-15-4-3-7-32-37(15)16(33-19)8-11-13(24)5-6-14(25)18(11)26/h3-7,9H,8H2,1-2H3,(H2,30,31,34). The average Bonchev–Trinajstić information content (AvgIpc) is 3.37. The van der Waals surface area contributed by atoms with Crippen molar-refractivity contribution < 1.29 is 26.3 Å². The molecule has 2 N–H and O–H groups in total. The topological polar surface area (TPSA) is 99.8 Å². The van der Waals surface area contributed by atoms with Gasteiger partial charge in [0.05, 0.1) is 5.52 Å². The Kier molecular flexibility index (Phi) is 5.61. The van der Waals surface area contributed by atoms with Crippen LogP contribution in [0.3, 0.4) is 0 Å². The number of hydrogen-bond acceptors (Lipinski definition) is 6. The fourth-order valence-electron chi connectivity index (χ4n) is 3.99. The molecule has 0 aliphatic carbocycles. The number of alkyl halides is 3. The average molecular weight is 518 g/mol. The second-order valence-corrected chi connectivity index (χ2v) is 8.12. The first-order chi connectivity index (χ1) is 17.5. The van der Waals surface area contributed by atoms with E-state index in [2.05, 4.69) is 25.1 Å². The second-order valence-electron chi connectivity index (χ2n) is 8.12. The lowest BCUT2D eigenvalue weighted by molar-refractivity contribution is -0.140. The van der Waals surface area contributed by atoms with Crippen LogP contribution in [-0.2, 0) is 19.6 Å². The summed E-state index contributed by atoms with van der Waals surface area (Å²) in [7, 11) is 1.37. The van der Waals surface area contributed by atoms with Crippen LogP contribution >= 0.6 is 0 Å². The maximum absolute atomic E-state index is 14.3. The second kappa shape index (κ2) is 8.57. The normalized spacial score (nSPS) is 12.0. The van der Waals surface area contributed by atoms with Gasteiger partial charge in [-0.05, 0) is 31.2 Å². The Labute approximate surface area is 204 Å². The van der Waals surface area contributed by atoms with Crippen LogP contribution in [0.5, 0.6) is 0 Å². The molecule has 0 unspecified atom stereocenters. The highest BCUT2D eigenvalue weighted by Gasteiger charge is 2.39. The van der Waals surface area contributed by atoms with Gasteiger partial charge in [0, 0.05) is 48.2 Å². The highest BCUT2D eigenvalue weighted by molar-refractivity contribution is 5.80. The molecule has 0 fully saturated rings. The maximum atomic E-state index is 14.3. The minimum absolute atomic E-state index is 0.0442. The molecule has 14 heteroatoms. The summed E-state index contributed by atoms with van der Waals surface area (Å²) in [6, 6.07) is 4.63. The molecular formula is C23H16F6N8. The number of nitrogens with zero attached hydrogens (tertiary/aromatic N) is 7. The van der Waals surface area contributed by atoms with Gasteiger partial charge in [0.1, 0.15) is 23.2 Å². The zero-order valence-electron chi connectivity index (χ0n) is 19.1. The number of aromatic nitrogens is 7. The number of nitrogens with two attached hydrogens (primary N) is 1. The van der Waals surface area contributed by atoms with Gasteiger partial charge in [-0.3, -0.25) is 4.68 Å². The van der Waals surface area contributed by atoms with Crippen molar-refractivity contribution in [1.82, 2.24) is 34.3 Å². The number of nitrogen functional groups attached to an aromatic ring is 1. The van der Waals surface area contributed by atoms with Crippen LogP contribution in [-0.4, -0.2) is 34.3 Å². The first-order valence-corrected chi connectivity index (χ1v) is 10.7. The van der Waals surface area contributed by atoms with Crippen molar-refractivity contribution in [3.63, 3.8) is 0 Å². The Hall–Kier alpha value is -4.49. The number of rotatable bonds is 4. The van der Waals surface area contributed by atoms with Crippen LogP contribution in [0.1, 0.15) is 22.8 Å². The van der Waals surface area contributed by atoms with E-state index in [0.717, 1.165) is 16.9 Å². The number of imidazole rings is 1. The van der Waals surface area contributed by atoms with Gasteiger partial charge in [-0.1, -0.05) is 0 Å². The molecule has 0 spiro atoms. The first-order valence-electron chi connectivity index (χ1n) is 10.7. The van der Waals surface area contributed by atoms with Crippen molar-refractivity contribution in [1.29, 1.82) is 0 Å². The third kappa shape index (κ3) is 4.03. The van der Waals surface area contributed by atoms with Crippen molar-refractivity contribution in [2.75, 3.05) is 5.73 Å². The molecule has 5 rings (SSSR count). The van der Waals surface area contributed by atoms with Gasteiger partial charge in [-0.25, -0.2) is 32.6 Å². The summed E-state index contributed by atoms with van der Waals surface area (Å²) in [5.41, 5.74) is 4.69. The molecule has 190 valence electrons. The molecule has 8 nitrogen and oxygen atoms in total. The van der Waals surface area contributed by atoms with E-state index < -0.39 is 41.3 Å². The largest absolute Gasteiger partial charge is 0.435 e. The molecule has 1 aromatic carbocycles. The lowest BCUT2D eigenvalue weighted by Gasteiger charge is -2.09. The van der Waals surface area contributed by atoms with Crippen LogP contribution in [0.2, 0.25) is 0 Å². The Morgan fingerprint density at radius 2 is 1.76 bits per heavy atom. The van der Waals surface area contributed by atoms with E-state index in [4.69, 9.17) is 5.73 Å². The van der Waals surface area contributed by atoms with E-state index in [0.29, 0.717) is 11.6 Å². The van der Waals surface area contributed by atoms with Crippen molar-refractivity contribution in [3.05, 3.63) is 76.9 Å². The summed E-state index contributed by atoms with van der Waals surface area (Å²) < 4.78 is 85.4. The molecule has 0 aliphatic heterocycles. The number of fused-ring (bicyclic) bond motifs is 1. The maximum Gasteiger partial charge on any atom is 0.435 e. The Morgan fingerprint density at radius 1 is 1.03 bits per heavy atom. The Balaban J connectivity index is 1.63. The van der Waals surface area contributed by atoms with Gasteiger partial charge in [-0.2, -0.15) is 23.4 Å². The fourth-order valence-corrected chi connectivity index (χ4v) is 3.99. The summed E-state index contributed by atoms with van der Waals surface area (Å²) in [4.78, 5) is 12.7. The quantitative estimate of drug-likeness (QED) is 0.278. The zero-order valence-corrected chi connectivity index (χ0v) is 19.1. The minimum atomic E-state index is -4.74. The zero-order chi connectivity index (χ0) is 26.6. The van der Waals surface area contributed by atoms with Crippen molar-refractivity contribution in [2.24, 2.45) is 7.05 Å². The van der Waals surface area contributed by atoms with E-state index in [1.54, 1.807) is 12.1 Å². The summed E-state index contributed by atoms with van der Waals surface area (Å²) in [5.74, 6) is -3.82. The fraction of sp³-hybridized carbons (Fsp3) is 0.174. The van der Waals surface area contributed by atoms with Crippen molar-refractivity contribution >= 4 is 11.3 Å². The van der Waals surface area contributed by atoms with Crippen LogP contribution < -0.4 is 5.73 Å². The van der Waals surface area contributed by atoms with Crippen molar-refractivity contribution in [2.45, 2.75) is 19.5 Å². The third-order valence-electron chi connectivity index (χ3n) is 5.85. The van der Waals surface area contributed by atoms with E-state index >= 15 is 0 Å². The molecule has 0 aliphatic rings. The Morgan fingerprint density at radius 3 is 2.46 bits per heavy atom. The summed E-state index contributed by atoms with van der Waals surface area (Å²) in [6.45, 7) is 1.45. The van der Waals surface area contributed by atoms with Crippen LogP contribution in [0, 0.1) is 24.4 Å². The molecule has 37 heavy (non-hydrogen) atoms. The first kappa shape index (κ1) is 24.2. The summed E-state index contributed by atoms with van der Waals surface area (Å²) in [5, 5.41) is 7.69. The molecule has 5 aromatic rings. The number of hydrogen-bond donors (Lipinski definition) is 1. The highest BCUT2D eigenvalue weighted by Crippen LogP contribution is 2.40. The predicted octanol–water partition coefficient (Wildman–Crippen LogP) is 4.50. The SMILES string of the molecule is Cc1c(-c2cnc(-c3nc(Cc4c(F)ccc(F)c4F)n4ncccc34)nc2N)c(C(F)(F)F)nn1C. The van der Waals surface area contributed by atoms with Crippen molar-refractivity contribution in [3.8, 4) is 22.6 Å². The number of aryl methyl sites for hydroxylation is 1. The molecule has 4 aromatic heterocycles. The molecular weight excluding hydrogens is 502 g/mol. The molecule has 0 radical (unpaired) electrons. The van der Waals surface area contributed by atoms with E-state index in [9.17, 15) is 26.3 Å². The molecule has 0 amide bonds. The van der Waals surface area contributed by atoms with Gasteiger partial charge in [0.15, 0.2) is 23.2 Å². The molecule has 4 heterocycles. The lowest BCUT2D eigenvalue weighted by Crippen LogP contribution is -2.09. The van der Waals surface area contributed by atoms with E-state index in [1.165, 1.54) is 24.7 Å². The number of benzene rings is 1. The minimum Gasteiger partial charge on any atom is -0.383 e. The smallest absolute Gasteiger partial charge is 0.383 e. The monoisotopic (exact) mass is 518 g/mol. The van der Waals surface area contributed by atoms with Gasteiger partial charge in [0.25, 0.3) is 0 Å². The van der Waals surface area contributed by atoms with E-state index in [1.807, 2.05) is 0 Å². The molecule has 0 bridgehead atoms. The lowest BCUT2D eigenvalue weighted by atomic mass is 10.1. The number of halogens is 6. The third-order valence-corrected chi connectivity index (χ3v) is 5.85. The molecule has 0 atom stereocenters. The van der Waals surface area contributed by atoms with Crippen LogP contribution in [0.25, 0.3) is 28.2 Å². The Bertz CT molecular complexity index is 1670. The van der Waals surface area contributed by atoms with Gasteiger partial charge in [0.2, 0.25) is 0 Å². The summed E-state index contributed by atoms with van der Waals surface area (Å²) in [6.07, 6.45) is -2.66. The van der Waals surface area contributed by atoms with Gasteiger partial charge in [-0.15, -0.1) is 0 Å². The van der Waals surface area contributed by atoms with Crippen LogP contribution in [0.4, 0.5) is 32.2 Å². The molecule has 0 saturated carbocycles.